The van der Waals surface area contributed by atoms with Crippen LogP contribution in [-0.4, -0.2) is 0 Å². The Kier molecular flexibility index (Phi) is 1.97. The number of hydrogen-bond acceptors (Lipinski definition) is 3. The highest BCUT2D eigenvalue weighted by atomic mass is 16.3. The Morgan fingerprint density at radius 1 is 1.13 bits per heavy atom. The number of fused-ring (bicyclic) bond motifs is 1. The fraction of sp³-hybridized carbons (Fsp3) is 0. The van der Waals surface area contributed by atoms with Crippen LogP contribution in [0.15, 0.2) is 30.3 Å². The molecule has 0 aliphatic heterocycles. The van der Waals surface area contributed by atoms with Crippen LogP contribution in [-0.2, 0) is 0 Å². The molecule has 0 aliphatic rings. The largest absolute Gasteiger partial charge is 0.867 e. The SMILES string of the molecule is N#Cc1cccc2c([O-])c([N+]#N)ccc12. The van der Waals surface area contributed by atoms with Crippen molar-refractivity contribution in [2.24, 2.45) is 0 Å². The maximum Gasteiger partial charge on any atom is 0.378 e. The van der Waals surface area contributed by atoms with E-state index < -0.39 is 0 Å². The van der Waals surface area contributed by atoms with Crippen LogP contribution in [0, 0.1) is 16.7 Å². The molecule has 0 fully saturated rings. The lowest BCUT2D eigenvalue weighted by atomic mass is 10.0. The van der Waals surface area contributed by atoms with Crippen molar-refractivity contribution < 1.29 is 5.11 Å². The van der Waals surface area contributed by atoms with Gasteiger partial charge in [0.1, 0.15) is 0 Å². The molecule has 2 rings (SSSR count). The number of rotatable bonds is 0. The van der Waals surface area contributed by atoms with Gasteiger partial charge in [0.15, 0.2) is 4.98 Å². The van der Waals surface area contributed by atoms with Gasteiger partial charge in [-0.05, 0) is 28.7 Å². The Morgan fingerprint density at radius 2 is 1.93 bits per heavy atom. The predicted octanol–water partition coefficient (Wildman–Crippen LogP) is 2.27. The second-order valence-corrected chi connectivity index (χ2v) is 3.03. The molecule has 0 N–H and O–H groups in total. The summed E-state index contributed by atoms with van der Waals surface area (Å²) in [6.07, 6.45) is 0. The van der Waals surface area contributed by atoms with Crippen molar-refractivity contribution in [2.75, 3.05) is 0 Å². The average Bonchev–Trinajstić information content (AvgIpc) is 2.29. The summed E-state index contributed by atoms with van der Waals surface area (Å²) in [6, 6.07) is 9.87. The zero-order chi connectivity index (χ0) is 10.8. The molecule has 0 spiro atoms. The topological polar surface area (TPSA) is 75.0 Å². The van der Waals surface area contributed by atoms with Gasteiger partial charge in [0.2, 0.25) is 5.39 Å². The third-order valence-corrected chi connectivity index (χ3v) is 2.22. The van der Waals surface area contributed by atoms with Crippen LogP contribution in [0.5, 0.6) is 5.75 Å². The molecule has 0 unspecified atom stereocenters. The van der Waals surface area contributed by atoms with Crippen LogP contribution >= 0.6 is 0 Å². The van der Waals surface area contributed by atoms with E-state index in [1.54, 1.807) is 24.3 Å². The second kappa shape index (κ2) is 3.28. The first kappa shape index (κ1) is 8.98. The molecule has 15 heavy (non-hydrogen) atoms. The Hall–Kier alpha value is -2.59. The average molecular weight is 195 g/mol. The van der Waals surface area contributed by atoms with Gasteiger partial charge < -0.3 is 5.11 Å². The van der Waals surface area contributed by atoms with E-state index in [-0.39, 0.29) is 11.4 Å². The van der Waals surface area contributed by atoms with Gasteiger partial charge in [0, 0.05) is 6.07 Å². The molecule has 0 saturated carbocycles. The smallest absolute Gasteiger partial charge is 0.378 e. The van der Waals surface area contributed by atoms with E-state index in [2.05, 4.69) is 4.98 Å². The molecule has 4 nitrogen and oxygen atoms in total. The fourth-order valence-electron chi connectivity index (χ4n) is 1.49. The molecule has 2 aromatic rings. The lowest BCUT2D eigenvalue weighted by Gasteiger charge is -2.07. The van der Waals surface area contributed by atoms with Gasteiger partial charge in [0.25, 0.3) is 0 Å². The first-order valence-electron chi connectivity index (χ1n) is 4.26. The van der Waals surface area contributed by atoms with E-state index in [4.69, 9.17) is 10.7 Å². The summed E-state index contributed by atoms with van der Waals surface area (Å²) in [5, 5.41) is 30.0. The summed E-state index contributed by atoms with van der Waals surface area (Å²) in [5.41, 5.74) is 0.423. The van der Waals surface area contributed by atoms with Gasteiger partial charge in [-0.1, -0.05) is 12.1 Å². The molecule has 0 aliphatic carbocycles. The highest BCUT2D eigenvalue weighted by Gasteiger charge is 2.10. The quantitative estimate of drug-likeness (QED) is 0.605. The highest BCUT2D eigenvalue weighted by molar-refractivity contribution is 5.96. The molecule has 70 valence electrons. The minimum Gasteiger partial charge on any atom is -0.867 e. The Morgan fingerprint density at radius 3 is 2.60 bits per heavy atom. The van der Waals surface area contributed by atoms with Crippen molar-refractivity contribution in [3.05, 3.63) is 40.9 Å². The summed E-state index contributed by atoms with van der Waals surface area (Å²) < 4.78 is 0. The van der Waals surface area contributed by atoms with Crippen LogP contribution in [0.3, 0.4) is 0 Å². The predicted molar refractivity (Wildman–Crippen MR) is 52.9 cm³/mol. The third kappa shape index (κ3) is 1.25. The molecule has 4 heteroatoms. The van der Waals surface area contributed by atoms with Crippen LogP contribution in [0.25, 0.3) is 15.7 Å². The lowest BCUT2D eigenvalue weighted by molar-refractivity contribution is -0.264. The van der Waals surface area contributed by atoms with E-state index in [1.165, 1.54) is 6.07 Å². The Bertz CT molecular complexity index is 620. The number of hydrogen-bond donors (Lipinski definition) is 0. The van der Waals surface area contributed by atoms with Crippen LogP contribution in [0.1, 0.15) is 5.56 Å². The maximum absolute atomic E-state index is 11.7. The molecule has 2 aromatic carbocycles. The zero-order valence-corrected chi connectivity index (χ0v) is 7.64. The third-order valence-electron chi connectivity index (χ3n) is 2.22. The van der Waals surface area contributed by atoms with Gasteiger partial charge in [-0.2, -0.15) is 5.26 Å². The van der Waals surface area contributed by atoms with E-state index in [1.807, 2.05) is 6.07 Å². The minimum atomic E-state index is -0.368. The van der Waals surface area contributed by atoms with Crippen molar-refractivity contribution in [2.45, 2.75) is 0 Å². The first-order valence-corrected chi connectivity index (χ1v) is 4.26. The monoisotopic (exact) mass is 195 g/mol. The van der Waals surface area contributed by atoms with E-state index in [0.29, 0.717) is 16.3 Å². The summed E-state index contributed by atoms with van der Waals surface area (Å²) in [4.78, 5) is 2.88. The Labute approximate surface area is 85.6 Å². The molecule has 0 saturated heterocycles. The molecule has 0 amide bonds. The lowest BCUT2D eigenvalue weighted by Crippen LogP contribution is -1.92. The second-order valence-electron chi connectivity index (χ2n) is 3.03. The molecular weight excluding hydrogens is 190 g/mol. The standard InChI is InChI=1S/C11H5N3O/c12-6-7-2-1-3-9-8(7)4-5-10(14-13)11(9)15/h1-5H. The molecule has 0 heterocycles. The number of nitrogens with zero attached hydrogens (tertiary/aromatic N) is 3. The first-order chi connectivity index (χ1) is 7.27. The van der Waals surface area contributed by atoms with Gasteiger partial charge in [-0.15, -0.1) is 0 Å². The van der Waals surface area contributed by atoms with Crippen LogP contribution in [0.2, 0.25) is 0 Å². The van der Waals surface area contributed by atoms with Crippen LogP contribution < -0.4 is 5.11 Å². The van der Waals surface area contributed by atoms with E-state index in [0.717, 1.165) is 0 Å². The van der Waals surface area contributed by atoms with Crippen molar-refractivity contribution in [1.29, 1.82) is 10.7 Å². The van der Waals surface area contributed by atoms with Crippen molar-refractivity contribution in [3.63, 3.8) is 0 Å². The summed E-state index contributed by atoms with van der Waals surface area (Å²) in [6.45, 7) is 0. The molecule has 0 radical (unpaired) electrons. The summed E-state index contributed by atoms with van der Waals surface area (Å²) in [5.74, 6) is -0.368. The number of benzene rings is 2. The highest BCUT2D eigenvalue weighted by Crippen LogP contribution is 2.33. The zero-order valence-electron chi connectivity index (χ0n) is 7.64. The van der Waals surface area contributed by atoms with Gasteiger partial charge >= 0.3 is 5.69 Å². The van der Waals surface area contributed by atoms with Crippen LogP contribution in [0.4, 0.5) is 5.69 Å². The maximum atomic E-state index is 11.7. The van der Waals surface area contributed by atoms with Crippen molar-refractivity contribution >= 4 is 16.5 Å². The summed E-state index contributed by atoms with van der Waals surface area (Å²) in [7, 11) is 0. The fourth-order valence-corrected chi connectivity index (χ4v) is 1.49. The molecule has 0 bridgehead atoms. The normalized spacial score (nSPS) is 9.47. The molecular formula is C11H5N3O. The summed E-state index contributed by atoms with van der Waals surface area (Å²) >= 11 is 0. The number of diazo groups is 1. The molecule has 0 aromatic heterocycles. The van der Waals surface area contributed by atoms with Gasteiger partial charge in [-0.25, -0.2) is 0 Å². The van der Waals surface area contributed by atoms with E-state index in [9.17, 15) is 5.11 Å². The molecule has 0 atom stereocenters. The number of nitriles is 1. The van der Waals surface area contributed by atoms with Gasteiger partial charge in [-0.3, -0.25) is 0 Å². The van der Waals surface area contributed by atoms with Crippen molar-refractivity contribution in [1.82, 2.24) is 0 Å². The Balaban J connectivity index is 2.93. The van der Waals surface area contributed by atoms with Crippen molar-refractivity contribution in [3.8, 4) is 11.8 Å². The van der Waals surface area contributed by atoms with E-state index >= 15 is 0 Å². The van der Waals surface area contributed by atoms with Gasteiger partial charge in [0.05, 0.1) is 11.6 Å². The minimum absolute atomic E-state index is 0.0161.